The predicted molar refractivity (Wildman–Crippen MR) is 59.4 cm³/mol. The first-order valence-electron chi connectivity index (χ1n) is 5.89. The summed E-state index contributed by atoms with van der Waals surface area (Å²) in [6, 6.07) is 2.05. The van der Waals surface area contributed by atoms with Crippen LogP contribution in [0.3, 0.4) is 0 Å². The topological polar surface area (TPSA) is 38.0 Å². The third-order valence-electron chi connectivity index (χ3n) is 3.54. The molecule has 1 aliphatic carbocycles. The average molecular weight is 208 g/mol. The maximum atomic E-state index is 9.42. The fourth-order valence-corrected chi connectivity index (χ4v) is 2.65. The van der Waals surface area contributed by atoms with Crippen molar-refractivity contribution in [3.05, 3.63) is 18.0 Å². The lowest BCUT2D eigenvalue weighted by Gasteiger charge is -2.19. The Morgan fingerprint density at radius 1 is 1.53 bits per heavy atom. The Labute approximate surface area is 91.1 Å². The zero-order valence-corrected chi connectivity index (χ0v) is 9.39. The summed E-state index contributed by atoms with van der Waals surface area (Å²) in [5, 5.41) is 13.8. The fraction of sp³-hybridized carbons (Fsp3) is 0.750. The lowest BCUT2D eigenvalue weighted by atomic mass is 9.88. The van der Waals surface area contributed by atoms with Crippen molar-refractivity contribution >= 4 is 0 Å². The molecule has 2 rings (SSSR count). The van der Waals surface area contributed by atoms with Gasteiger partial charge in [-0.25, -0.2) is 0 Å². The second-order valence-electron chi connectivity index (χ2n) is 4.67. The van der Waals surface area contributed by atoms with E-state index in [9.17, 15) is 5.11 Å². The highest BCUT2D eigenvalue weighted by molar-refractivity contribution is 5.00. The number of nitrogens with zero attached hydrogens (tertiary/aromatic N) is 2. The van der Waals surface area contributed by atoms with Gasteiger partial charge in [-0.2, -0.15) is 5.10 Å². The van der Waals surface area contributed by atoms with Crippen molar-refractivity contribution in [3.8, 4) is 0 Å². The molecule has 1 N–H and O–H groups in total. The molecule has 1 saturated carbocycles. The summed E-state index contributed by atoms with van der Waals surface area (Å²) in [6.07, 6.45) is 8.16. The molecule has 1 atom stereocenters. The number of hydrogen-bond donors (Lipinski definition) is 1. The highest BCUT2D eigenvalue weighted by Crippen LogP contribution is 2.32. The minimum absolute atomic E-state index is 0.307. The van der Waals surface area contributed by atoms with E-state index in [0.717, 1.165) is 18.0 Å². The Hall–Kier alpha value is -0.830. The predicted octanol–water partition coefficient (Wildman–Crippen LogP) is 1.76. The minimum Gasteiger partial charge on any atom is -0.396 e. The highest BCUT2D eigenvalue weighted by Gasteiger charge is 2.25. The van der Waals surface area contributed by atoms with Gasteiger partial charge in [-0.1, -0.05) is 25.7 Å². The van der Waals surface area contributed by atoms with Crippen LogP contribution >= 0.6 is 0 Å². The second-order valence-corrected chi connectivity index (χ2v) is 4.67. The van der Waals surface area contributed by atoms with Gasteiger partial charge >= 0.3 is 0 Å². The first-order chi connectivity index (χ1) is 7.29. The maximum absolute atomic E-state index is 9.42. The molecule has 0 saturated heterocycles. The van der Waals surface area contributed by atoms with Crippen molar-refractivity contribution in [2.75, 3.05) is 6.61 Å². The summed E-state index contributed by atoms with van der Waals surface area (Å²) in [6.45, 7) is 0.307. The number of hydrogen-bond acceptors (Lipinski definition) is 2. The van der Waals surface area contributed by atoms with Crippen LogP contribution in [0.5, 0.6) is 0 Å². The molecular weight excluding hydrogens is 188 g/mol. The van der Waals surface area contributed by atoms with Crippen LogP contribution in [0.1, 0.15) is 31.4 Å². The van der Waals surface area contributed by atoms with Crippen LogP contribution in [0.4, 0.5) is 0 Å². The number of aliphatic hydroxyl groups is 1. The maximum Gasteiger partial charge on any atom is 0.0628 e. The normalized spacial score (nSPS) is 19.6. The Bertz CT molecular complexity index is 302. The van der Waals surface area contributed by atoms with Gasteiger partial charge in [-0.15, -0.1) is 0 Å². The van der Waals surface area contributed by atoms with E-state index in [1.54, 1.807) is 0 Å². The van der Waals surface area contributed by atoms with E-state index in [1.165, 1.54) is 25.7 Å². The first-order valence-corrected chi connectivity index (χ1v) is 5.89. The molecule has 15 heavy (non-hydrogen) atoms. The van der Waals surface area contributed by atoms with Crippen molar-refractivity contribution in [1.29, 1.82) is 0 Å². The molecule has 3 heteroatoms. The number of aromatic nitrogens is 2. The molecule has 1 unspecified atom stereocenters. The molecule has 1 fully saturated rings. The van der Waals surface area contributed by atoms with Crippen LogP contribution < -0.4 is 0 Å². The van der Waals surface area contributed by atoms with Crippen LogP contribution in [-0.2, 0) is 13.5 Å². The third kappa shape index (κ3) is 2.59. The summed E-state index contributed by atoms with van der Waals surface area (Å²) in [5.41, 5.74) is 1.11. The Morgan fingerprint density at radius 2 is 2.27 bits per heavy atom. The molecule has 0 amide bonds. The van der Waals surface area contributed by atoms with Gasteiger partial charge in [0.1, 0.15) is 0 Å². The Morgan fingerprint density at radius 3 is 2.80 bits per heavy atom. The number of rotatable bonds is 4. The van der Waals surface area contributed by atoms with Crippen LogP contribution in [0.2, 0.25) is 0 Å². The smallest absolute Gasteiger partial charge is 0.0628 e. The standard InChI is InChI=1S/C12H20N2O/c1-14-7-6-12(13-14)8-11(9-15)10-4-2-3-5-10/h6-7,10-11,15H,2-5,8-9H2,1H3. The van der Waals surface area contributed by atoms with E-state index < -0.39 is 0 Å². The number of aryl methyl sites for hydroxylation is 1. The van der Waals surface area contributed by atoms with Crippen molar-refractivity contribution in [2.45, 2.75) is 32.1 Å². The molecule has 1 aromatic rings. The van der Waals surface area contributed by atoms with Crippen LogP contribution in [0, 0.1) is 11.8 Å². The van der Waals surface area contributed by atoms with E-state index in [1.807, 2.05) is 17.9 Å². The largest absolute Gasteiger partial charge is 0.396 e. The van der Waals surface area contributed by atoms with Crippen LogP contribution in [0.15, 0.2) is 12.3 Å². The summed E-state index contributed by atoms with van der Waals surface area (Å²) >= 11 is 0. The molecule has 1 aliphatic rings. The number of aliphatic hydroxyl groups excluding tert-OH is 1. The van der Waals surface area contributed by atoms with Gasteiger partial charge in [0.2, 0.25) is 0 Å². The van der Waals surface area contributed by atoms with Crippen molar-refractivity contribution in [3.63, 3.8) is 0 Å². The minimum atomic E-state index is 0.307. The average Bonchev–Trinajstić information content (AvgIpc) is 2.85. The van der Waals surface area contributed by atoms with Gasteiger partial charge in [0.15, 0.2) is 0 Å². The highest BCUT2D eigenvalue weighted by atomic mass is 16.3. The lowest BCUT2D eigenvalue weighted by Crippen LogP contribution is -2.19. The molecule has 1 aromatic heterocycles. The SMILES string of the molecule is Cn1ccc(CC(CO)C2CCCC2)n1. The zero-order chi connectivity index (χ0) is 10.7. The van der Waals surface area contributed by atoms with E-state index in [2.05, 4.69) is 11.2 Å². The van der Waals surface area contributed by atoms with Gasteiger partial charge in [-0.3, -0.25) is 4.68 Å². The summed E-state index contributed by atoms with van der Waals surface area (Å²) in [5.74, 6) is 1.14. The van der Waals surface area contributed by atoms with E-state index >= 15 is 0 Å². The zero-order valence-electron chi connectivity index (χ0n) is 9.39. The Balaban J connectivity index is 1.95. The summed E-state index contributed by atoms with van der Waals surface area (Å²) in [4.78, 5) is 0. The monoisotopic (exact) mass is 208 g/mol. The quantitative estimate of drug-likeness (QED) is 0.818. The van der Waals surface area contributed by atoms with Gasteiger partial charge in [0, 0.05) is 19.9 Å². The molecule has 0 spiro atoms. The van der Waals surface area contributed by atoms with E-state index in [4.69, 9.17) is 0 Å². The first kappa shape index (κ1) is 10.7. The molecule has 0 bridgehead atoms. The molecule has 84 valence electrons. The van der Waals surface area contributed by atoms with Crippen molar-refractivity contribution in [2.24, 2.45) is 18.9 Å². The van der Waals surface area contributed by atoms with E-state index in [0.29, 0.717) is 12.5 Å². The van der Waals surface area contributed by atoms with Gasteiger partial charge < -0.3 is 5.11 Å². The molecule has 3 nitrogen and oxygen atoms in total. The fourth-order valence-electron chi connectivity index (χ4n) is 2.65. The van der Waals surface area contributed by atoms with Crippen LogP contribution in [0.25, 0.3) is 0 Å². The van der Waals surface area contributed by atoms with Gasteiger partial charge in [-0.05, 0) is 24.3 Å². The third-order valence-corrected chi connectivity index (χ3v) is 3.54. The van der Waals surface area contributed by atoms with Crippen molar-refractivity contribution in [1.82, 2.24) is 9.78 Å². The van der Waals surface area contributed by atoms with Crippen LogP contribution in [-0.4, -0.2) is 21.5 Å². The lowest BCUT2D eigenvalue weighted by molar-refractivity contribution is 0.174. The molecule has 0 aromatic carbocycles. The molecule has 1 heterocycles. The molecular formula is C12H20N2O. The Kier molecular flexibility index (Phi) is 3.41. The molecule has 0 aliphatic heterocycles. The van der Waals surface area contributed by atoms with E-state index in [-0.39, 0.29) is 0 Å². The van der Waals surface area contributed by atoms with Gasteiger partial charge in [0.05, 0.1) is 5.69 Å². The van der Waals surface area contributed by atoms with Gasteiger partial charge in [0.25, 0.3) is 0 Å². The summed E-state index contributed by atoms with van der Waals surface area (Å²) in [7, 11) is 1.94. The molecule has 0 radical (unpaired) electrons. The van der Waals surface area contributed by atoms with Crippen molar-refractivity contribution < 1.29 is 5.11 Å². The summed E-state index contributed by atoms with van der Waals surface area (Å²) < 4.78 is 1.83. The second kappa shape index (κ2) is 4.79.